The van der Waals surface area contributed by atoms with E-state index in [4.69, 9.17) is 4.74 Å². The highest BCUT2D eigenvalue weighted by Crippen LogP contribution is 2.21. The van der Waals surface area contributed by atoms with Crippen molar-refractivity contribution < 1.29 is 14.2 Å². The second kappa shape index (κ2) is 7.16. The Morgan fingerprint density at radius 2 is 2.10 bits per heavy atom. The third-order valence-electron chi connectivity index (χ3n) is 4.15. The Bertz CT molecular complexity index is 432. The van der Waals surface area contributed by atoms with Crippen LogP contribution < -0.4 is 0 Å². The Balaban J connectivity index is 1.84. The van der Waals surface area contributed by atoms with Crippen LogP contribution in [0.1, 0.15) is 36.5 Å². The van der Waals surface area contributed by atoms with Crippen molar-refractivity contribution in [1.82, 2.24) is 4.90 Å². The van der Waals surface area contributed by atoms with Crippen molar-refractivity contribution in [3.05, 3.63) is 35.1 Å². The number of benzene rings is 1. The van der Waals surface area contributed by atoms with Crippen LogP contribution in [0.2, 0.25) is 0 Å². The van der Waals surface area contributed by atoms with Crippen LogP contribution in [0.5, 0.6) is 0 Å². The van der Waals surface area contributed by atoms with Crippen LogP contribution in [0, 0.1) is 12.7 Å². The minimum atomic E-state index is -0.604. The van der Waals surface area contributed by atoms with Crippen molar-refractivity contribution in [2.24, 2.45) is 0 Å². The van der Waals surface area contributed by atoms with Crippen LogP contribution in [0.4, 0.5) is 4.39 Å². The van der Waals surface area contributed by atoms with Crippen LogP contribution in [0.15, 0.2) is 18.2 Å². The lowest BCUT2D eigenvalue weighted by Gasteiger charge is -2.31. The summed E-state index contributed by atoms with van der Waals surface area (Å²) in [5, 5.41) is 10.2. The molecule has 1 heterocycles. The van der Waals surface area contributed by atoms with Crippen molar-refractivity contribution in [3.8, 4) is 0 Å². The quantitative estimate of drug-likeness (QED) is 0.900. The zero-order chi connectivity index (χ0) is 14.5. The lowest BCUT2D eigenvalue weighted by atomic mass is 10.0. The molecule has 1 aliphatic rings. The van der Waals surface area contributed by atoms with Gasteiger partial charge in [0.2, 0.25) is 0 Å². The maximum absolute atomic E-state index is 13.5. The first kappa shape index (κ1) is 15.4. The Kier molecular flexibility index (Phi) is 5.52. The molecule has 0 radical (unpaired) electrons. The molecule has 2 rings (SSSR count). The van der Waals surface area contributed by atoms with E-state index in [1.54, 1.807) is 19.1 Å². The fourth-order valence-electron chi connectivity index (χ4n) is 2.62. The number of aliphatic hydroxyl groups excluding tert-OH is 1. The van der Waals surface area contributed by atoms with E-state index in [1.165, 1.54) is 6.07 Å². The normalized spacial score (nSPS) is 18.4. The SMILES string of the molecule is Cc1ccc(C(O)CCN(C)C2CCOCC2)cc1F. The second-order valence-corrected chi connectivity index (χ2v) is 5.64. The second-order valence-electron chi connectivity index (χ2n) is 5.64. The molecule has 1 aromatic carbocycles. The standard InChI is InChI=1S/C16H24FNO2/c1-12-3-4-13(11-15(12)17)16(19)5-8-18(2)14-6-9-20-10-7-14/h3-4,11,14,16,19H,5-10H2,1-2H3. The van der Waals surface area contributed by atoms with E-state index in [-0.39, 0.29) is 5.82 Å². The van der Waals surface area contributed by atoms with Crippen LogP contribution >= 0.6 is 0 Å². The summed E-state index contributed by atoms with van der Waals surface area (Å²) in [4.78, 5) is 2.27. The highest BCUT2D eigenvalue weighted by Gasteiger charge is 2.19. The van der Waals surface area contributed by atoms with Gasteiger partial charge >= 0.3 is 0 Å². The van der Waals surface area contributed by atoms with Gasteiger partial charge < -0.3 is 14.7 Å². The third kappa shape index (κ3) is 4.01. The number of rotatable bonds is 5. The monoisotopic (exact) mass is 281 g/mol. The molecule has 1 aliphatic heterocycles. The molecule has 1 N–H and O–H groups in total. The summed E-state index contributed by atoms with van der Waals surface area (Å²) in [7, 11) is 2.08. The van der Waals surface area contributed by atoms with Crippen molar-refractivity contribution in [2.45, 2.75) is 38.3 Å². The van der Waals surface area contributed by atoms with E-state index < -0.39 is 6.10 Å². The number of aryl methyl sites for hydroxylation is 1. The Morgan fingerprint density at radius 3 is 2.75 bits per heavy atom. The highest BCUT2D eigenvalue weighted by atomic mass is 19.1. The average molecular weight is 281 g/mol. The summed E-state index contributed by atoms with van der Waals surface area (Å²) in [6, 6.07) is 5.49. The van der Waals surface area contributed by atoms with Gasteiger partial charge in [-0.2, -0.15) is 0 Å². The largest absolute Gasteiger partial charge is 0.388 e. The average Bonchev–Trinajstić information content (AvgIpc) is 2.48. The van der Waals surface area contributed by atoms with Gasteiger partial charge in [-0.15, -0.1) is 0 Å². The molecule has 0 amide bonds. The molecule has 1 saturated heterocycles. The maximum atomic E-state index is 13.5. The predicted octanol–water partition coefficient (Wildman–Crippen LogP) is 2.67. The van der Waals surface area contributed by atoms with Gasteiger partial charge in [-0.3, -0.25) is 0 Å². The molecule has 1 unspecified atom stereocenters. The Labute approximate surface area is 120 Å². The van der Waals surface area contributed by atoms with E-state index in [1.807, 2.05) is 0 Å². The zero-order valence-corrected chi connectivity index (χ0v) is 12.3. The molecule has 0 aromatic heterocycles. The van der Waals surface area contributed by atoms with Gasteiger partial charge in [0.25, 0.3) is 0 Å². The molecule has 0 spiro atoms. The van der Waals surface area contributed by atoms with Crippen LogP contribution in [-0.2, 0) is 4.74 Å². The molecule has 3 nitrogen and oxygen atoms in total. The van der Waals surface area contributed by atoms with E-state index in [0.29, 0.717) is 23.6 Å². The molecule has 112 valence electrons. The fourth-order valence-corrected chi connectivity index (χ4v) is 2.62. The van der Waals surface area contributed by atoms with Gasteiger partial charge in [-0.05, 0) is 50.4 Å². The minimum Gasteiger partial charge on any atom is -0.388 e. The summed E-state index contributed by atoms with van der Waals surface area (Å²) in [6.07, 6.45) is 2.11. The number of hydrogen-bond donors (Lipinski definition) is 1. The first-order valence-electron chi connectivity index (χ1n) is 7.30. The molecule has 1 fully saturated rings. The zero-order valence-electron chi connectivity index (χ0n) is 12.3. The van der Waals surface area contributed by atoms with Crippen LogP contribution in [0.3, 0.4) is 0 Å². The first-order chi connectivity index (χ1) is 9.58. The Hall–Kier alpha value is -0.970. The van der Waals surface area contributed by atoms with Gasteiger partial charge in [-0.1, -0.05) is 12.1 Å². The van der Waals surface area contributed by atoms with Crippen molar-refractivity contribution in [3.63, 3.8) is 0 Å². The van der Waals surface area contributed by atoms with E-state index in [2.05, 4.69) is 11.9 Å². The number of nitrogens with zero attached hydrogens (tertiary/aromatic N) is 1. The molecule has 0 aliphatic carbocycles. The number of halogens is 1. The summed E-state index contributed by atoms with van der Waals surface area (Å²) in [5.41, 5.74) is 1.27. The Morgan fingerprint density at radius 1 is 1.40 bits per heavy atom. The van der Waals surface area contributed by atoms with Gasteiger partial charge in [0.1, 0.15) is 5.82 Å². The van der Waals surface area contributed by atoms with Crippen LogP contribution in [-0.4, -0.2) is 42.9 Å². The van der Waals surface area contributed by atoms with Gasteiger partial charge in [0.15, 0.2) is 0 Å². The molecular weight excluding hydrogens is 257 g/mol. The van der Waals surface area contributed by atoms with E-state index in [0.717, 1.165) is 32.6 Å². The van der Waals surface area contributed by atoms with Crippen molar-refractivity contribution >= 4 is 0 Å². The summed E-state index contributed by atoms with van der Waals surface area (Å²) < 4.78 is 18.8. The minimum absolute atomic E-state index is 0.251. The number of hydrogen-bond acceptors (Lipinski definition) is 3. The third-order valence-corrected chi connectivity index (χ3v) is 4.15. The molecule has 0 bridgehead atoms. The molecule has 1 atom stereocenters. The van der Waals surface area contributed by atoms with Gasteiger partial charge in [0, 0.05) is 25.8 Å². The maximum Gasteiger partial charge on any atom is 0.126 e. The summed E-state index contributed by atoms with van der Waals surface area (Å²) in [6.45, 7) is 4.17. The highest BCUT2D eigenvalue weighted by molar-refractivity contribution is 5.24. The summed E-state index contributed by atoms with van der Waals surface area (Å²) in [5.74, 6) is -0.251. The molecule has 1 aromatic rings. The van der Waals surface area contributed by atoms with Crippen LogP contribution in [0.25, 0.3) is 0 Å². The topological polar surface area (TPSA) is 32.7 Å². The lowest BCUT2D eigenvalue weighted by Crippen LogP contribution is -2.37. The number of ether oxygens (including phenoxy) is 1. The number of aliphatic hydroxyl groups is 1. The predicted molar refractivity (Wildman–Crippen MR) is 77.2 cm³/mol. The fraction of sp³-hybridized carbons (Fsp3) is 0.625. The summed E-state index contributed by atoms with van der Waals surface area (Å²) >= 11 is 0. The molecule has 20 heavy (non-hydrogen) atoms. The molecule has 4 heteroatoms. The molecule has 0 saturated carbocycles. The van der Waals surface area contributed by atoms with Crippen molar-refractivity contribution in [2.75, 3.05) is 26.8 Å². The smallest absolute Gasteiger partial charge is 0.126 e. The molecular formula is C16H24FNO2. The van der Waals surface area contributed by atoms with Gasteiger partial charge in [-0.25, -0.2) is 4.39 Å². The van der Waals surface area contributed by atoms with Gasteiger partial charge in [0.05, 0.1) is 6.10 Å². The van der Waals surface area contributed by atoms with Crippen molar-refractivity contribution in [1.29, 1.82) is 0 Å². The van der Waals surface area contributed by atoms with E-state index in [9.17, 15) is 9.50 Å². The lowest BCUT2D eigenvalue weighted by molar-refractivity contribution is 0.0376. The first-order valence-corrected chi connectivity index (χ1v) is 7.30. The van der Waals surface area contributed by atoms with E-state index >= 15 is 0 Å².